The van der Waals surface area contributed by atoms with Crippen molar-refractivity contribution in [2.75, 3.05) is 5.32 Å². The number of carbonyl (C=O) groups excluding carboxylic acids is 1. The van der Waals surface area contributed by atoms with Gasteiger partial charge in [0.1, 0.15) is 12.4 Å². The lowest BCUT2D eigenvalue weighted by Gasteiger charge is -2.08. The Balaban J connectivity index is 2.16. The van der Waals surface area contributed by atoms with Gasteiger partial charge in [0.15, 0.2) is 5.69 Å². The molecule has 110 valence electrons. The topological polar surface area (TPSA) is 97.1 Å². The second-order valence-corrected chi connectivity index (χ2v) is 5.08. The fourth-order valence-electron chi connectivity index (χ4n) is 1.59. The van der Waals surface area contributed by atoms with E-state index in [0.29, 0.717) is 15.7 Å². The number of anilines is 1. The Bertz CT molecular complexity index is 717. The number of halogens is 2. The smallest absolute Gasteiger partial charge is 0.325 e. The van der Waals surface area contributed by atoms with Crippen molar-refractivity contribution < 1.29 is 19.1 Å². The van der Waals surface area contributed by atoms with Crippen LogP contribution in [0.5, 0.6) is 0 Å². The highest BCUT2D eigenvalue weighted by Gasteiger charge is 2.14. The molecular formula is C12H10BrFN4O3. The van der Waals surface area contributed by atoms with Crippen molar-refractivity contribution in [2.45, 2.75) is 13.5 Å². The largest absolute Gasteiger partial charge is 0.480 e. The summed E-state index contributed by atoms with van der Waals surface area (Å²) < 4.78 is 14.8. The molecule has 2 N–H and O–H groups in total. The van der Waals surface area contributed by atoms with Crippen LogP contribution in [0.2, 0.25) is 0 Å². The molecule has 1 aromatic heterocycles. The van der Waals surface area contributed by atoms with Gasteiger partial charge in [0, 0.05) is 5.69 Å². The summed E-state index contributed by atoms with van der Waals surface area (Å²) >= 11 is 3.05. The fraction of sp³-hybridized carbons (Fsp3) is 0.167. The normalized spacial score (nSPS) is 10.4. The van der Waals surface area contributed by atoms with Gasteiger partial charge in [0.2, 0.25) is 0 Å². The van der Waals surface area contributed by atoms with Gasteiger partial charge in [-0.25, -0.2) is 9.07 Å². The fourth-order valence-corrected chi connectivity index (χ4v) is 2.04. The molecular weight excluding hydrogens is 347 g/mol. The van der Waals surface area contributed by atoms with Gasteiger partial charge in [-0.2, -0.15) is 0 Å². The van der Waals surface area contributed by atoms with Crippen LogP contribution in [0.25, 0.3) is 0 Å². The highest BCUT2D eigenvalue weighted by atomic mass is 79.9. The minimum atomic E-state index is -1.10. The number of aryl methyl sites for hydroxylation is 1. The molecule has 0 aliphatic rings. The Kier molecular flexibility index (Phi) is 4.32. The number of aliphatic carboxylic acids is 1. The summed E-state index contributed by atoms with van der Waals surface area (Å²) in [5.41, 5.74) is 0.905. The first-order chi connectivity index (χ1) is 9.86. The molecule has 0 aliphatic heterocycles. The Labute approximate surface area is 126 Å². The minimum Gasteiger partial charge on any atom is -0.480 e. The van der Waals surface area contributed by atoms with Gasteiger partial charge in [-0.05, 0) is 40.5 Å². The summed E-state index contributed by atoms with van der Waals surface area (Å²) in [5, 5.41) is 18.2. The van der Waals surface area contributed by atoms with E-state index in [1.807, 2.05) is 0 Å². The first-order valence-electron chi connectivity index (χ1n) is 5.75. The lowest BCUT2D eigenvalue weighted by atomic mass is 10.2. The third-order valence-corrected chi connectivity index (χ3v) is 3.19. The molecule has 0 bridgehead atoms. The summed E-state index contributed by atoms with van der Waals surface area (Å²) in [5.74, 6) is -2.21. The van der Waals surface area contributed by atoms with Crippen molar-refractivity contribution in [3.63, 3.8) is 0 Å². The number of benzene rings is 1. The zero-order valence-electron chi connectivity index (χ0n) is 10.8. The Morgan fingerprint density at radius 3 is 2.86 bits per heavy atom. The molecule has 21 heavy (non-hydrogen) atoms. The van der Waals surface area contributed by atoms with E-state index in [-0.39, 0.29) is 5.69 Å². The third-order valence-electron chi connectivity index (χ3n) is 2.58. The number of amides is 1. The third kappa shape index (κ3) is 3.63. The molecule has 2 rings (SSSR count). The average molecular weight is 357 g/mol. The van der Waals surface area contributed by atoms with Crippen LogP contribution in [-0.2, 0) is 11.3 Å². The molecule has 1 amide bonds. The van der Waals surface area contributed by atoms with Gasteiger partial charge in [-0.3, -0.25) is 9.59 Å². The molecule has 0 saturated heterocycles. The van der Waals surface area contributed by atoms with Crippen molar-refractivity contribution in [1.29, 1.82) is 0 Å². The molecule has 7 nitrogen and oxygen atoms in total. The summed E-state index contributed by atoms with van der Waals surface area (Å²) in [4.78, 5) is 22.5. The van der Waals surface area contributed by atoms with E-state index in [1.54, 1.807) is 6.92 Å². The van der Waals surface area contributed by atoms with E-state index in [1.165, 1.54) is 18.3 Å². The number of carboxylic acid groups (broad SMARTS) is 1. The maximum absolute atomic E-state index is 13.5. The highest BCUT2D eigenvalue weighted by molar-refractivity contribution is 9.10. The first kappa shape index (κ1) is 15.1. The zero-order chi connectivity index (χ0) is 15.6. The van der Waals surface area contributed by atoms with Gasteiger partial charge < -0.3 is 10.4 Å². The van der Waals surface area contributed by atoms with Crippen molar-refractivity contribution in [1.82, 2.24) is 15.0 Å². The molecule has 1 heterocycles. The van der Waals surface area contributed by atoms with Crippen LogP contribution >= 0.6 is 15.9 Å². The predicted octanol–water partition coefficient (Wildman–Crippen LogP) is 1.83. The van der Waals surface area contributed by atoms with Gasteiger partial charge in [-0.15, -0.1) is 5.10 Å². The molecule has 0 spiro atoms. The SMILES string of the molecule is Cc1cc(Br)c(F)cc1NC(=O)c1cn(CC(=O)O)nn1. The van der Waals surface area contributed by atoms with Crippen LogP contribution in [0.15, 0.2) is 22.8 Å². The first-order valence-corrected chi connectivity index (χ1v) is 6.55. The summed E-state index contributed by atoms with van der Waals surface area (Å²) in [6, 6.07) is 2.71. The molecule has 0 fully saturated rings. The van der Waals surface area contributed by atoms with Crippen molar-refractivity contribution in [3.8, 4) is 0 Å². The number of carboxylic acids is 1. The summed E-state index contributed by atoms with van der Waals surface area (Å²) in [6.45, 7) is 1.31. The van der Waals surface area contributed by atoms with Crippen LogP contribution in [0.1, 0.15) is 16.1 Å². The van der Waals surface area contributed by atoms with Crippen molar-refractivity contribution >= 4 is 33.5 Å². The summed E-state index contributed by atoms with van der Waals surface area (Å²) in [6.07, 6.45) is 1.20. The average Bonchev–Trinajstić information content (AvgIpc) is 2.83. The number of nitrogens with one attached hydrogen (secondary N) is 1. The van der Waals surface area contributed by atoms with Crippen molar-refractivity contribution in [2.24, 2.45) is 0 Å². The molecule has 2 aromatic rings. The van der Waals surface area contributed by atoms with Crippen LogP contribution in [0.3, 0.4) is 0 Å². The van der Waals surface area contributed by atoms with Crippen LogP contribution < -0.4 is 5.32 Å². The lowest BCUT2D eigenvalue weighted by Crippen LogP contribution is -2.14. The molecule has 9 heteroatoms. The number of hydrogen-bond donors (Lipinski definition) is 2. The Morgan fingerprint density at radius 2 is 2.19 bits per heavy atom. The second-order valence-electron chi connectivity index (χ2n) is 4.23. The standard InChI is InChI=1S/C12H10BrFN4O3/c1-6-2-7(13)8(14)3-9(6)15-12(21)10-4-18(17-16-10)5-11(19)20/h2-4H,5H2,1H3,(H,15,21)(H,19,20). The summed E-state index contributed by atoms with van der Waals surface area (Å²) in [7, 11) is 0. The quantitative estimate of drug-likeness (QED) is 0.870. The van der Waals surface area contributed by atoms with Gasteiger partial charge in [-0.1, -0.05) is 5.21 Å². The van der Waals surface area contributed by atoms with Gasteiger partial charge >= 0.3 is 5.97 Å². The van der Waals surface area contributed by atoms with E-state index < -0.39 is 24.2 Å². The number of aromatic nitrogens is 3. The molecule has 1 aromatic carbocycles. The van der Waals surface area contributed by atoms with E-state index >= 15 is 0 Å². The molecule has 0 atom stereocenters. The molecule has 0 saturated carbocycles. The maximum Gasteiger partial charge on any atom is 0.325 e. The van der Waals surface area contributed by atoms with E-state index in [4.69, 9.17) is 5.11 Å². The number of nitrogens with zero attached hydrogens (tertiary/aromatic N) is 3. The Hall–Kier alpha value is -2.29. The van der Waals surface area contributed by atoms with Crippen LogP contribution in [0, 0.1) is 12.7 Å². The maximum atomic E-state index is 13.5. The Morgan fingerprint density at radius 1 is 1.48 bits per heavy atom. The van der Waals surface area contributed by atoms with E-state index in [9.17, 15) is 14.0 Å². The highest BCUT2D eigenvalue weighted by Crippen LogP contribution is 2.24. The van der Waals surface area contributed by atoms with Crippen LogP contribution in [-0.4, -0.2) is 32.0 Å². The lowest BCUT2D eigenvalue weighted by molar-refractivity contribution is -0.137. The number of carbonyl (C=O) groups is 2. The van der Waals surface area contributed by atoms with Gasteiger partial charge in [0.05, 0.1) is 10.7 Å². The predicted molar refractivity (Wildman–Crippen MR) is 74.4 cm³/mol. The van der Waals surface area contributed by atoms with Gasteiger partial charge in [0.25, 0.3) is 5.91 Å². The van der Waals surface area contributed by atoms with Crippen LogP contribution in [0.4, 0.5) is 10.1 Å². The number of rotatable bonds is 4. The minimum absolute atomic E-state index is 0.0565. The zero-order valence-corrected chi connectivity index (χ0v) is 12.4. The molecule has 0 radical (unpaired) electrons. The number of hydrogen-bond acceptors (Lipinski definition) is 4. The molecule has 0 unspecified atom stereocenters. The second kappa shape index (κ2) is 6.00. The van der Waals surface area contributed by atoms with E-state index in [2.05, 4.69) is 31.6 Å². The molecule has 0 aliphatic carbocycles. The monoisotopic (exact) mass is 356 g/mol. The van der Waals surface area contributed by atoms with E-state index in [0.717, 1.165) is 4.68 Å². The van der Waals surface area contributed by atoms with Crippen molar-refractivity contribution in [3.05, 3.63) is 39.9 Å².